The molecular weight excluding hydrogens is 276 g/mol. The van der Waals surface area contributed by atoms with Gasteiger partial charge in [0.05, 0.1) is 16.4 Å². The Morgan fingerprint density at radius 1 is 1.40 bits per heavy atom. The van der Waals surface area contributed by atoms with E-state index in [1.807, 2.05) is 11.4 Å². The summed E-state index contributed by atoms with van der Waals surface area (Å²) in [6.45, 7) is 1.95. The van der Waals surface area contributed by atoms with E-state index in [-0.39, 0.29) is 5.78 Å². The van der Waals surface area contributed by atoms with E-state index in [2.05, 4.69) is 0 Å². The van der Waals surface area contributed by atoms with Crippen LogP contribution < -0.4 is 4.74 Å². The third-order valence-electron chi connectivity index (χ3n) is 3.46. The Kier molecular flexibility index (Phi) is 3.06. The van der Waals surface area contributed by atoms with Gasteiger partial charge >= 0.3 is 5.97 Å². The molecule has 0 saturated carbocycles. The molecule has 1 aliphatic rings. The number of aliphatic carboxylic acids is 1. The number of ketones is 1. The maximum Gasteiger partial charge on any atom is 0.310 e. The van der Waals surface area contributed by atoms with Crippen molar-refractivity contribution in [3.8, 4) is 5.75 Å². The SMILES string of the molecule is C[C@@H](C(=O)O)c1ccc2c(c1)OCc1ccsc1C2=O. The molecule has 0 unspecified atom stereocenters. The van der Waals surface area contributed by atoms with Crippen LogP contribution in [0.2, 0.25) is 0 Å². The van der Waals surface area contributed by atoms with Crippen molar-refractivity contribution in [2.24, 2.45) is 0 Å². The minimum absolute atomic E-state index is 0.0583. The molecule has 0 spiro atoms. The van der Waals surface area contributed by atoms with Gasteiger partial charge in [-0.2, -0.15) is 0 Å². The standard InChI is InChI=1S/C15H12O4S/c1-8(15(17)18)9-2-3-11-12(6-9)19-7-10-4-5-20-14(10)13(11)16/h2-6,8H,7H2,1H3,(H,17,18)/t8-/m1/s1. The summed E-state index contributed by atoms with van der Waals surface area (Å²) in [5, 5.41) is 10.9. The maximum absolute atomic E-state index is 12.4. The number of hydrogen-bond acceptors (Lipinski definition) is 4. The first-order valence-corrected chi connectivity index (χ1v) is 7.06. The van der Waals surface area contributed by atoms with Crippen LogP contribution in [0.25, 0.3) is 0 Å². The second-order valence-electron chi connectivity index (χ2n) is 4.71. The lowest BCUT2D eigenvalue weighted by atomic mass is 9.98. The van der Waals surface area contributed by atoms with Crippen molar-refractivity contribution < 1.29 is 19.4 Å². The van der Waals surface area contributed by atoms with E-state index in [0.29, 0.717) is 28.4 Å². The van der Waals surface area contributed by atoms with Crippen LogP contribution >= 0.6 is 11.3 Å². The number of fused-ring (bicyclic) bond motifs is 2. The lowest BCUT2D eigenvalue weighted by molar-refractivity contribution is -0.138. The van der Waals surface area contributed by atoms with E-state index in [1.165, 1.54) is 11.3 Å². The van der Waals surface area contributed by atoms with Crippen LogP contribution in [-0.2, 0) is 11.4 Å². The zero-order valence-electron chi connectivity index (χ0n) is 10.8. The molecule has 102 valence electrons. The summed E-state index contributed by atoms with van der Waals surface area (Å²) in [6.07, 6.45) is 0. The van der Waals surface area contributed by atoms with Crippen molar-refractivity contribution in [3.05, 3.63) is 51.2 Å². The fourth-order valence-electron chi connectivity index (χ4n) is 2.18. The van der Waals surface area contributed by atoms with Crippen LogP contribution in [0.15, 0.2) is 29.6 Å². The average molecular weight is 288 g/mol. The Morgan fingerprint density at radius 3 is 2.95 bits per heavy atom. The molecule has 1 atom stereocenters. The molecule has 1 aromatic carbocycles. The topological polar surface area (TPSA) is 63.6 Å². The number of carbonyl (C=O) groups is 2. The number of ether oxygens (including phenoxy) is 1. The predicted molar refractivity (Wildman–Crippen MR) is 74.6 cm³/mol. The van der Waals surface area contributed by atoms with Gasteiger partial charge in [0.1, 0.15) is 12.4 Å². The van der Waals surface area contributed by atoms with E-state index >= 15 is 0 Å². The number of carboxylic acid groups (broad SMARTS) is 1. The molecule has 5 heteroatoms. The van der Waals surface area contributed by atoms with Crippen LogP contribution in [0, 0.1) is 0 Å². The van der Waals surface area contributed by atoms with Crippen LogP contribution in [0.1, 0.15) is 39.2 Å². The molecule has 4 nitrogen and oxygen atoms in total. The van der Waals surface area contributed by atoms with Crippen molar-refractivity contribution in [2.45, 2.75) is 19.4 Å². The fourth-order valence-corrected chi connectivity index (χ4v) is 3.05. The molecule has 2 heterocycles. The second-order valence-corrected chi connectivity index (χ2v) is 5.62. The van der Waals surface area contributed by atoms with Gasteiger partial charge in [0.25, 0.3) is 0 Å². The molecule has 1 aliphatic heterocycles. The Labute approximate surface area is 119 Å². The number of carboxylic acids is 1. The summed E-state index contributed by atoms with van der Waals surface area (Å²) in [6, 6.07) is 6.87. The molecule has 0 saturated heterocycles. The van der Waals surface area contributed by atoms with Crippen LogP contribution in [0.4, 0.5) is 0 Å². The highest BCUT2D eigenvalue weighted by molar-refractivity contribution is 7.12. The molecule has 0 aliphatic carbocycles. The highest BCUT2D eigenvalue weighted by atomic mass is 32.1. The van der Waals surface area contributed by atoms with Crippen molar-refractivity contribution in [1.29, 1.82) is 0 Å². The monoisotopic (exact) mass is 288 g/mol. The van der Waals surface area contributed by atoms with Crippen molar-refractivity contribution in [1.82, 2.24) is 0 Å². The average Bonchev–Trinajstić information content (AvgIpc) is 2.87. The number of hydrogen-bond donors (Lipinski definition) is 1. The summed E-state index contributed by atoms with van der Waals surface area (Å²) in [4.78, 5) is 24.1. The predicted octanol–water partition coefficient (Wildman–Crippen LogP) is 3.06. The smallest absolute Gasteiger partial charge is 0.310 e. The Balaban J connectivity index is 2.05. The highest BCUT2D eigenvalue weighted by Gasteiger charge is 2.25. The van der Waals surface area contributed by atoms with Crippen molar-refractivity contribution in [2.75, 3.05) is 0 Å². The van der Waals surface area contributed by atoms with E-state index in [9.17, 15) is 9.59 Å². The molecule has 3 rings (SSSR count). The number of rotatable bonds is 2. The first-order chi connectivity index (χ1) is 9.58. The van der Waals surface area contributed by atoms with Gasteiger partial charge in [0.15, 0.2) is 0 Å². The maximum atomic E-state index is 12.4. The van der Waals surface area contributed by atoms with Crippen molar-refractivity contribution >= 4 is 23.1 Å². The van der Waals surface area contributed by atoms with Gasteiger partial charge in [0.2, 0.25) is 5.78 Å². The normalized spacial score (nSPS) is 14.8. The summed E-state index contributed by atoms with van der Waals surface area (Å²) in [5.74, 6) is -1.12. The fraction of sp³-hybridized carbons (Fsp3) is 0.200. The molecule has 20 heavy (non-hydrogen) atoms. The van der Waals surface area contributed by atoms with Gasteiger partial charge in [-0.3, -0.25) is 9.59 Å². The molecule has 1 N–H and O–H groups in total. The molecule has 2 aromatic rings. The lowest BCUT2D eigenvalue weighted by Gasteiger charge is -2.11. The summed E-state index contributed by atoms with van der Waals surface area (Å²) >= 11 is 1.40. The summed E-state index contributed by atoms with van der Waals surface area (Å²) in [5.41, 5.74) is 2.01. The van der Waals surface area contributed by atoms with Gasteiger partial charge in [0, 0.05) is 5.56 Å². The highest BCUT2D eigenvalue weighted by Crippen LogP contribution is 2.33. The summed E-state index contributed by atoms with van der Waals surface area (Å²) in [7, 11) is 0. The number of carbonyl (C=O) groups excluding carboxylic acids is 1. The molecule has 0 amide bonds. The van der Waals surface area contributed by atoms with E-state index in [1.54, 1.807) is 25.1 Å². The zero-order chi connectivity index (χ0) is 14.3. The largest absolute Gasteiger partial charge is 0.488 e. The van der Waals surface area contributed by atoms with Crippen LogP contribution in [0.3, 0.4) is 0 Å². The molecule has 1 aromatic heterocycles. The molecule has 0 bridgehead atoms. The van der Waals surface area contributed by atoms with E-state index in [0.717, 1.165) is 5.56 Å². The van der Waals surface area contributed by atoms with Gasteiger partial charge in [-0.05, 0) is 36.1 Å². The van der Waals surface area contributed by atoms with Crippen molar-refractivity contribution in [3.63, 3.8) is 0 Å². The lowest BCUT2D eigenvalue weighted by Crippen LogP contribution is -2.08. The molecular formula is C15H12O4S. The number of thiophene rings is 1. The Hall–Kier alpha value is -2.14. The Bertz CT molecular complexity index is 702. The van der Waals surface area contributed by atoms with Crippen LogP contribution in [-0.4, -0.2) is 16.9 Å². The second kappa shape index (κ2) is 4.76. The minimum Gasteiger partial charge on any atom is -0.488 e. The first kappa shape index (κ1) is 12.9. The first-order valence-electron chi connectivity index (χ1n) is 6.18. The van der Waals surface area contributed by atoms with Gasteiger partial charge in [-0.1, -0.05) is 6.07 Å². The van der Waals surface area contributed by atoms with Crippen LogP contribution in [0.5, 0.6) is 5.75 Å². The third kappa shape index (κ3) is 2.00. The quantitative estimate of drug-likeness (QED) is 0.922. The van der Waals surface area contributed by atoms with Gasteiger partial charge < -0.3 is 9.84 Å². The van der Waals surface area contributed by atoms with Gasteiger partial charge in [-0.25, -0.2) is 0 Å². The summed E-state index contributed by atoms with van der Waals surface area (Å²) < 4.78 is 5.67. The Morgan fingerprint density at radius 2 is 2.20 bits per heavy atom. The molecule has 0 fully saturated rings. The molecule has 0 radical (unpaired) electrons. The van der Waals surface area contributed by atoms with Gasteiger partial charge in [-0.15, -0.1) is 11.3 Å². The van der Waals surface area contributed by atoms with E-state index in [4.69, 9.17) is 9.84 Å². The number of benzene rings is 1. The third-order valence-corrected chi connectivity index (χ3v) is 4.41. The zero-order valence-corrected chi connectivity index (χ0v) is 11.6. The van der Waals surface area contributed by atoms with E-state index < -0.39 is 11.9 Å². The minimum atomic E-state index is -0.899.